The van der Waals surface area contributed by atoms with Crippen LogP contribution in [0, 0.1) is 0 Å². The molecule has 0 amide bonds. The van der Waals surface area contributed by atoms with Gasteiger partial charge in [0.05, 0.1) is 6.61 Å². The van der Waals surface area contributed by atoms with E-state index in [1.54, 1.807) is 0 Å². The third kappa shape index (κ3) is 45.0. The molecule has 0 saturated carbocycles. The molecule has 0 aromatic carbocycles. The average Bonchev–Trinajstić information content (AvgIpc) is 3.23. The second-order valence-corrected chi connectivity index (χ2v) is 14.7. The first-order valence-corrected chi connectivity index (χ1v) is 23.1. The quantitative estimate of drug-likeness (QED) is 0.0380. The van der Waals surface area contributed by atoms with E-state index >= 15 is 0 Å². The molecule has 0 rings (SSSR count). The maximum atomic E-state index is 12.2. The zero-order valence-corrected chi connectivity index (χ0v) is 37.0. The number of aliphatic hydroxyl groups excluding tert-OH is 1. The summed E-state index contributed by atoms with van der Waals surface area (Å²) >= 11 is 0. The van der Waals surface area contributed by atoms with Gasteiger partial charge in [-0.25, -0.2) is 0 Å². The number of rotatable bonds is 40. The molecule has 326 valence electrons. The van der Waals surface area contributed by atoms with Crippen LogP contribution in [-0.2, 0) is 19.1 Å². The van der Waals surface area contributed by atoms with E-state index in [9.17, 15) is 14.7 Å². The fourth-order valence-electron chi connectivity index (χ4n) is 5.84. The van der Waals surface area contributed by atoms with Crippen LogP contribution in [0.2, 0.25) is 0 Å². The molecule has 0 aromatic heterocycles. The van der Waals surface area contributed by atoms with Crippen LogP contribution in [0.15, 0.2) is 122 Å². The van der Waals surface area contributed by atoms with Crippen LogP contribution < -0.4 is 0 Å². The van der Waals surface area contributed by atoms with Gasteiger partial charge in [-0.15, -0.1) is 0 Å². The molecule has 0 heterocycles. The van der Waals surface area contributed by atoms with E-state index in [4.69, 9.17) is 9.47 Å². The number of carbonyl (C=O) groups excluding carboxylic acids is 2. The molecule has 0 spiro atoms. The van der Waals surface area contributed by atoms with Gasteiger partial charge >= 0.3 is 11.9 Å². The summed E-state index contributed by atoms with van der Waals surface area (Å²) in [6, 6.07) is 0. The SMILES string of the molecule is CC/C=C\C/C=C\C/C=C\C/C=C\C/C=C\C/C=C\C/C=C\CCCCCCCCCC(=O)OC(CO)COC(=O)CCCCCCC/C=C\C/C=C\C/C=C\CC. The minimum absolute atomic E-state index is 0.0876. The van der Waals surface area contributed by atoms with Gasteiger partial charge in [-0.3, -0.25) is 9.59 Å². The number of ether oxygens (including phenoxy) is 2. The highest BCUT2D eigenvalue weighted by atomic mass is 16.6. The van der Waals surface area contributed by atoms with Crippen LogP contribution in [0.5, 0.6) is 0 Å². The molecular weight excluding hydrogens is 717 g/mol. The van der Waals surface area contributed by atoms with Crippen LogP contribution in [0.1, 0.15) is 181 Å². The van der Waals surface area contributed by atoms with E-state index in [-0.39, 0.29) is 25.2 Å². The van der Waals surface area contributed by atoms with E-state index in [2.05, 4.69) is 135 Å². The van der Waals surface area contributed by atoms with Gasteiger partial charge in [0, 0.05) is 12.8 Å². The van der Waals surface area contributed by atoms with Crippen molar-refractivity contribution in [2.24, 2.45) is 0 Å². The Morgan fingerprint density at radius 1 is 0.397 bits per heavy atom. The van der Waals surface area contributed by atoms with E-state index in [0.717, 1.165) is 122 Å². The number of hydrogen-bond donors (Lipinski definition) is 1. The van der Waals surface area contributed by atoms with Crippen molar-refractivity contribution in [3.63, 3.8) is 0 Å². The Hall–Kier alpha value is -3.70. The highest BCUT2D eigenvalue weighted by Crippen LogP contribution is 2.12. The lowest BCUT2D eigenvalue weighted by atomic mass is 10.1. The lowest BCUT2D eigenvalue weighted by Crippen LogP contribution is -2.28. The molecule has 1 atom stereocenters. The summed E-state index contributed by atoms with van der Waals surface area (Å²) in [7, 11) is 0. The summed E-state index contributed by atoms with van der Waals surface area (Å²) in [5, 5.41) is 9.59. The molecule has 0 aliphatic heterocycles. The van der Waals surface area contributed by atoms with Crippen LogP contribution >= 0.6 is 0 Å². The Balaban J connectivity index is 3.64. The van der Waals surface area contributed by atoms with E-state index in [1.165, 1.54) is 32.1 Å². The normalized spacial score (nSPS) is 13.4. The third-order valence-electron chi connectivity index (χ3n) is 9.25. The maximum absolute atomic E-state index is 12.2. The molecular formula is C53H84O5. The van der Waals surface area contributed by atoms with Gasteiger partial charge in [-0.1, -0.05) is 187 Å². The predicted molar refractivity (Wildman–Crippen MR) is 251 cm³/mol. The number of hydrogen-bond acceptors (Lipinski definition) is 5. The minimum atomic E-state index is -0.794. The first-order valence-electron chi connectivity index (χ1n) is 23.1. The van der Waals surface area contributed by atoms with Crippen molar-refractivity contribution in [3.8, 4) is 0 Å². The highest BCUT2D eigenvalue weighted by Gasteiger charge is 2.16. The van der Waals surface area contributed by atoms with Crippen molar-refractivity contribution in [3.05, 3.63) is 122 Å². The Kier molecular flexibility index (Phi) is 44.6. The maximum Gasteiger partial charge on any atom is 0.306 e. The third-order valence-corrected chi connectivity index (χ3v) is 9.25. The van der Waals surface area contributed by atoms with Crippen molar-refractivity contribution in [1.82, 2.24) is 0 Å². The smallest absolute Gasteiger partial charge is 0.306 e. The summed E-state index contributed by atoms with van der Waals surface area (Å²) in [6.07, 6.45) is 69.9. The Bertz CT molecular complexity index is 1220. The molecule has 0 aliphatic carbocycles. The summed E-state index contributed by atoms with van der Waals surface area (Å²) in [5.74, 6) is -0.635. The lowest BCUT2D eigenvalue weighted by molar-refractivity contribution is -0.161. The molecule has 0 fully saturated rings. The van der Waals surface area contributed by atoms with Gasteiger partial charge in [-0.05, 0) is 103 Å². The van der Waals surface area contributed by atoms with E-state index in [0.29, 0.717) is 12.8 Å². The molecule has 5 heteroatoms. The summed E-state index contributed by atoms with van der Waals surface area (Å²) in [5.41, 5.74) is 0. The van der Waals surface area contributed by atoms with Crippen molar-refractivity contribution in [2.75, 3.05) is 13.2 Å². The Morgan fingerprint density at radius 3 is 1.03 bits per heavy atom. The molecule has 0 saturated heterocycles. The van der Waals surface area contributed by atoms with Crippen LogP contribution in [0.25, 0.3) is 0 Å². The Morgan fingerprint density at radius 2 is 0.690 bits per heavy atom. The van der Waals surface area contributed by atoms with Gasteiger partial charge < -0.3 is 14.6 Å². The van der Waals surface area contributed by atoms with Gasteiger partial charge in [0.25, 0.3) is 0 Å². The second-order valence-electron chi connectivity index (χ2n) is 14.7. The van der Waals surface area contributed by atoms with Crippen molar-refractivity contribution >= 4 is 11.9 Å². The largest absolute Gasteiger partial charge is 0.462 e. The molecule has 0 radical (unpaired) electrons. The fraction of sp³-hybridized carbons (Fsp3) is 0.585. The molecule has 58 heavy (non-hydrogen) atoms. The van der Waals surface area contributed by atoms with Crippen molar-refractivity contribution in [1.29, 1.82) is 0 Å². The number of unbranched alkanes of at least 4 members (excludes halogenated alkanes) is 12. The zero-order valence-electron chi connectivity index (χ0n) is 37.0. The van der Waals surface area contributed by atoms with E-state index < -0.39 is 6.10 Å². The molecule has 0 aliphatic rings. The predicted octanol–water partition coefficient (Wildman–Crippen LogP) is 15.2. The van der Waals surface area contributed by atoms with Gasteiger partial charge in [0.2, 0.25) is 0 Å². The minimum Gasteiger partial charge on any atom is -0.462 e. The monoisotopic (exact) mass is 801 g/mol. The van der Waals surface area contributed by atoms with Crippen LogP contribution in [0.3, 0.4) is 0 Å². The van der Waals surface area contributed by atoms with Crippen LogP contribution in [0.4, 0.5) is 0 Å². The first kappa shape index (κ1) is 54.3. The molecule has 0 bridgehead atoms. The van der Waals surface area contributed by atoms with Crippen molar-refractivity contribution in [2.45, 2.75) is 187 Å². The van der Waals surface area contributed by atoms with Gasteiger partial charge in [0.15, 0.2) is 6.10 Å². The second kappa shape index (κ2) is 47.7. The standard InChI is InChI=1S/C53H84O5/c1-3-5-7-9-11-13-15-17-19-20-21-22-23-24-25-26-27-28-29-30-31-32-34-36-38-40-42-44-46-48-53(56)58-51(49-54)50-57-52(55)47-45-43-41-39-37-35-33-18-16-14-12-10-8-6-4-2/h5-8,11-14,17-19,21-22,24-25,27-28,30-31,33,51,54H,3-4,9-10,15-16,20,23,26,29,32,34-50H2,1-2H3/b7-5-,8-6-,13-11-,14-12-,19-17-,22-21-,25-24-,28-27-,31-30-,33-18-. The lowest BCUT2D eigenvalue weighted by Gasteiger charge is -2.15. The highest BCUT2D eigenvalue weighted by molar-refractivity contribution is 5.70. The zero-order chi connectivity index (χ0) is 42.1. The van der Waals surface area contributed by atoms with Gasteiger partial charge in [0.1, 0.15) is 6.61 Å². The topological polar surface area (TPSA) is 72.8 Å². The Labute approximate surface area is 356 Å². The number of aliphatic hydroxyl groups is 1. The molecule has 1 N–H and O–H groups in total. The fourth-order valence-corrected chi connectivity index (χ4v) is 5.84. The number of allylic oxidation sites excluding steroid dienone is 20. The van der Waals surface area contributed by atoms with Gasteiger partial charge in [-0.2, -0.15) is 0 Å². The average molecular weight is 801 g/mol. The van der Waals surface area contributed by atoms with Crippen molar-refractivity contribution < 1.29 is 24.2 Å². The summed E-state index contributed by atoms with van der Waals surface area (Å²) in [4.78, 5) is 24.4. The van der Waals surface area contributed by atoms with E-state index in [1.807, 2.05) is 0 Å². The van der Waals surface area contributed by atoms with Crippen LogP contribution in [-0.4, -0.2) is 36.4 Å². The number of carbonyl (C=O) groups is 2. The molecule has 0 aromatic rings. The summed E-state index contributed by atoms with van der Waals surface area (Å²) < 4.78 is 10.6. The molecule has 1 unspecified atom stereocenters. The first-order chi connectivity index (χ1) is 28.6. The summed E-state index contributed by atoms with van der Waals surface area (Å²) in [6.45, 7) is 3.87. The number of esters is 2. The molecule has 5 nitrogen and oxygen atoms in total.